The molecule has 0 spiro atoms. The van der Waals surface area contributed by atoms with E-state index >= 15 is 0 Å². The van der Waals surface area contributed by atoms with Gasteiger partial charge in [0.25, 0.3) is 0 Å². The number of nitrogens with zero attached hydrogens (tertiary/aromatic N) is 1. The van der Waals surface area contributed by atoms with Gasteiger partial charge in [0.1, 0.15) is 5.82 Å². The highest BCUT2D eigenvalue weighted by atomic mass is 15.0. The molecular weight excluding hydrogens is 234 g/mol. The molecule has 0 aliphatic carbocycles. The van der Waals surface area contributed by atoms with Crippen LogP contribution in [0.4, 0.5) is 0 Å². The number of likely N-dealkylation sites (N-methyl/N-ethyl adjacent to an activating group) is 1. The fraction of sp³-hybridized carbons (Fsp3) is 0.188. The number of imidazole rings is 1. The highest BCUT2D eigenvalue weighted by Crippen LogP contribution is 2.23. The highest BCUT2D eigenvalue weighted by Gasteiger charge is 2.13. The zero-order valence-corrected chi connectivity index (χ0v) is 10.9. The Morgan fingerprint density at radius 1 is 1.16 bits per heavy atom. The predicted molar refractivity (Wildman–Crippen MR) is 78.0 cm³/mol. The molecule has 0 saturated heterocycles. The lowest BCUT2D eigenvalue weighted by Crippen LogP contribution is -2.20. The van der Waals surface area contributed by atoms with Crippen LogP contribution in [0.25, 0.3) is 10.8 Å². The van der Waals surface area contributed by atoms with E-state index in [1.54, 1.807) is 6.20 Å². The van der Waals surface area contributed by atoms with Gasteiger partial charge >= 0.3 is 0 Å². The molecule has 0 aliphatic rings. The molecule has 0 aliphatic heterocycles. The monoisotopic (exact) mass is 251 g/mol. The largest absolute Gasteiger partial charge is 0.347 e. The first-order valence-corrected chi connectivity index (χ1v) is 6.51. The summed E-state index contributed by atoms with van der Waals surface area (Å²) in [5.41, 5.74) is 1.34. The fourth-order valence-corrected chi connectivity index (χ4v) is 2.49. The van der Waals surface area contributed by atoms with Crippen LogP contribution >= 0.6 is 0 Å². The van der Waals surface area contributed by atoms with Gasteiger partial charge in [0.15, 0.2) is 0 Å². The molecule has 0 saturated carbocycles. The second-order valence-electron chi connectivity index (χ2n) is 4.66. The van der Waals surface area contributed by atoms with Crippen LogP contribution in [0.3, 0.4) is 0 Å². The van der Waals surface area contributed by atoms with Gasteiger partial charge in [0.2, 0.25) is 0 Å². The van der Waals surface area contributed by atoms with Crippen LogP contribution in [0.5, 0.6) is 0 Å². The van der Waals surface area contributed by atoms with Gasteiger partial charge in [0.05, 0.1) is 6.04 Å². The first-order chi connectivity index (χ1) is 9.38. The Balaban J connectivity index is 1.96. The van der Waals surface area contributed by atoms with Crippen LogP contribution in [0.1, 0.15) is 17.4 Å². The molecule has 19 heavy (non-hydrogen) atoms. The average molecular weight is 251 g/mol. The van der Waals surface area contributed by atoms with Crippen molar-refractivity contribution in [3.63, 3.8) is 0 Å². The molecule has 0 amide bonds. The quantitative estimate of drug-likeness (QED) is 0.748. The number of benzene rings is 2. The van der Waals surface area contributed by atoms with Gasteiger partial charge in [-0.05, 0) is 29.8 Å². The van der Waals surface area contributed by atoms with Crippen LogP contribution in [0, 0.1) is 0 Å². The first kappa shape index (κ1) is 11.9. The standard InChI is InChI=1S/C16H17N3/c1-17-15(16-18-9-10-19-16)11-13-7-4-6-12-5-2-3-8-14(12)13/h2-10,15,17H,11H2,1H3,(H,18,19). The number of aromatic amines is 1. The summed E-state index contributed by atoms with van der Waals surface area (Å²) in [7, 11) is 1.97. The second-order valence-corrected chi connectivity index (χ2v) is 4.66. The maximum Gasteiger partial charge on any atom is 0.123 e. The van der Waals surface area contributed by atoms with E-state index in [0.29, 0.717) is 0 Å². The SMILES string of the molecule is CNC(Cc1cccc2ccccc12)c1ncc[nH]1. The molecule has 1 unspecified atom stereocenters. The third-order valence-corrected chi connectivity index (χ3v) is 3.50. The number of H-pyrrole nitrogens is 1. The Kier molecular flexibility index (Phi) is 3.29. The lowest BCUT2D eigenvalue weighted by atomic mass is 9.98. The number of hydrogen-bond acceptors (Lipinski definition) is 2. The minimum absolute atomic E-state index is 0.209. The maximum atomic E-state index is 4.35. The molecule has 1 heterocycles. The summed E-state index contributed by atoms with van der Waals surface area (Å²) in [5.74, 6) is 0.982. The molecule has 0 fully saturated rings. The lowest BCUT2D eigenvalue weighted by molar-refractivity contribution is 0.565. The van der Waals surface area contributed by atoms with E-state index in [4.69, 9.17) is 0 Å². The summed E-state index contributed by atoms with van der Waals surface area (Å²) in [6.45, 7) is 0. The van der Waals surface area contributed by atoms with Gasteiger partial charge in [-0.25, -0.2) is 4.98 Å². The molecule has 2 N–H and O–H groups in total. The molecule has 0 bridgehead atoms. The Morgan fingerprint density at radius 3 is 2.79 bits per heavy atom. The molecule has 0 radical (unpaired) electrons. The van der Waals surface area contributed by atoms with E-state index in [0.717, 1.165) is 12.2 Å². The molecule has 96 valence electrons. The van der Waals surface area contributed by atoms with E-state index in [1.807, 2.05) is 13.2 Å². The van der Waals surface area contributed by atoms with Gasteiger partial charge in [0, 0.05) is 12.4 Å². The second kappa shape index (κ2) is 5.24. The van der Waals surface area contributed by atoms with E-state index < -0.39 is 0 Å². The molecular formula is C16H17N3. The number of fused-ring (bicyclic) bond motifs is 1. The number of nitrogens with one attached hydrogen (secondary N) is 2. The lowest BCUT2D eigenvalue weighted by Gasteiger charge is -2.15. The molecule has 3 rings (SSSR count). The predicted octanol–water partition coefficient (Wildman–Crippen LogP) is 3.07. The minimum atomic E-state index is 0.209. The van der Waals surface area contributed by atoms with Crippen LogP contribution in [-0.2, 0) is 6.42 Å². The zero-order chi connectivity index (χ0) is 13.1. The van der Waals surface area contributed by atoms with Gasteiger partial charge in [-0.2, -0.15) is 0 Å². The number of hydrogen-bond donors (Lipinski definition) is 2. The van der Waals surface area contributed by atoms with Crippen molar-refractivity contribution in [1.82, 2.24) is 15.3 Å². The Morgan fingerprint density at radius 2 is 2.00 bits per heavy atom. The van der Waals surface area contributed by atoms with E-state index in [9.17, 15) is 0 Å². The van der Waals surface area contributed by atoms with E-state index in [1.165, 1.54) is 16.3 Å². The smallest absolute Gasteiger partial charge is 0.123 e. The van der Waals surface area contributed by atoms with E-state index in [-0.39, 0.29) is 6.04 Å². The third-order valence-electron chi connectivity index (χ3n) is 3.50. The van der Waals surface area contributed by atoms with Crippen molar-refractivity contribution >= 4 is 10.8 Å². The van der Waals surface area contributed by atoms with Crippen LogP contribution in [0.2, 0.25) is 0 Å². The highest BCUT2D eigenvalue weighted by molar-refractivity contribution is 5.85. The van der Waals surface area contributed by atoms with Crippen molar-refractivity contribution in [3.8, 4) is 0 Å². The number of rotatable bonds is 4. The van der Waals surface area contributed by atoms with Crippen LogP contribution in [-0.4, -0.2) is 17.0 Å². The van der Waals surface area contributed by atoms with Crippen LogP contribution in [0.15, 0.2) is 54.9 Å². The Bertz CT molecular complexity index is 653. The normalized spacial score (nSPS) is 12.7. The van der Waals surface area contributed by atoms with Crippen molar-refractivity contribution in [2.45, 2.75) is 12.5 Å². The topological polar surface area (TPSA) is 40.7 Å². The first-order valence-electron chi connectivity index (χ1n) is 6.51. The van der Waals surface area contributed by atoms with Gasteiger partial charge in [-0.1, -0.05) is 42.5 Å². The fourth-order valence-electron chi connectivity index (χ4n) is 2.49. The Labute approximate surface area is 112 Å². The molecule has 3 aromatic rings. The van der Waals surface area contributed by atoms with E-state index in [2.05, 4.69) is 57.7 Å². The minimum Gasteiger partial charge on any atom is -0.347 e. The summed E-state index contributed by atoms with van der Waals surface area (Å²) < 4.78 is 0. The molecule has 1 atom stereocenters. The Hall–Kier alpha value is -2.13. The molecule has 3 heteroatoms. The summed E-state index contributed by atoms with van der Waals surface area (Å²) in [5, 5.41) is 5.93. The maximum absolute atomic E-state index is 4.35. The summed E-state index contributed by atoms with van der Waals surface area (Å²) in [6, 6.07) is 15.2. The van der Waals surface area contributed by atoms with Crippen molar-refractivity contribution in [1.29, 1.82) is 0 Å². The van der Waals surface area contributed by atoms with Gasteiger partial charge in [-0.15, -0.1) is 0 Å². The van der Waals surface area contributed by atoms with Crippen molar-refractivity contribution in [2.24, 2.45) is 0 Å². The van der Waals surface area contributed by atoms with Crippen molar-refractivity contribution < 1.29 is 0 Å². The average Bonchev–Trinajstić information content (AvgIpc) is 2.99. The van der Waals surface area contributed by atoms with Gasteiger partial charge < -0.3 is 10.3 Å². The van der Waals surface area contributed by atoms with Crippen molar-refractivity contribution in [2.75, 3.05) is 7.05 Å². The number of aromatic nitrogens is 2. The molecule has 3 nitrogen and oxygen atoms in total. The van der Waals surface area contributed by atoms with Crippen molar-refractivity contribution in [3.05, 3.63) is 66.2 Å². The zero-order valence-electron chi connectivity index (χ0n) is 10.9. The third kappa shape index (κ3) is 2.37. The molecule has 2 aromatic carbocycles. The summed E-state index contributed by atoms with van der Waals surface area (Å²) >= 11 is 0. The molecule has 1 aromatic heterocycles. The summed E-state index contributed by atoms with van der Waals surface area (Å²) in [4.78, 5) is 7.53. The van der Waals surface area contributed by atoms with Crippen LogP contribution < -0.4 is 5.32 Å². The van der Waals surface area contributed by atoms with Gasteiger partial charge in [-0.3, -0.25) is 0 Å². The summed E-state index contributed by atoms with van der Waals surface area (Å²) in [6.07, 6.45) is 4.58.